The zero-order valence-electron chi connectivity index (χ0n) is 9.01. The molecule has 88 valence electrons. The van der Waals surface area contributed by atoms with Crippen molar-refractivity contribution in [1.82, 2.24) is 0 Å². The van der Waals surface area contributed by atoms with Gasteiger partial charge in [0.2, 0.25) is 0 Å². The molecule has 0 aliphatic rings. The molecule has 0 aliphatic carbocycles. The molecular formula is C11H15NO3S. The van der Waals surface area contributed by atoms with Gasteiger partial charge in [-0.3, -0.25) is 4.79 Å². The second-order valence-corrected chi connectivity index (χ2v) is 4.67. The van der Waals surface area contributed by atoms with Gasteiger partial charge in [0.25, 0.3) is 0 Å². The highest BCUT2D eigenvalue weighted by Gasteiger charge is 2.10. The monoisotopic (exact) mass is 241 g/mol. The van der Waals surface area contributed by atoms with Crippen molar-refractivity contribution in [2.24, 2.45) is 0 Å². The van der Waals surface area contributed by atoms with Gasteiger partial charge in [-0.05, 0) is 24.6 Å². The van der Waals surface area contributed by atoms with Crippen molar-refractivity contribution in [3.05, 3.63) is 23.8 Å². The van der Waals surface area contributed by atoms with Crippen LogP contribution in [0.3, 0.4) is 0 Å². The van der Waals surface area contributed by atoms with E-state index in [9.17, 15) is 9.90 Å². The molecule has 0 saturated heterocycles. The molecule has 0 radical (unpaired) electrons. The smallest absolute Gasteiger partial charge is 0.306 e. The Balaban J connectivity index is 2.51. The Hall–Kier alpha value is -1.20. The van der Waals surface area contributed by atoms with Crippen LogP contribution in [0, 0.1) is 6.92 Å². The van der Waals surface area contributed by atoms with Crippen LogP contribution in [0.4, 0.5) is 5.69 Å². The molecule has 1 atom stereocenters. The van der Waals surface area contributed by atoms with Gasteiger partial charge in [-0.25, -0.2) is 0 Å². The zero-order chi connectivity index (χ0) is 12.1. The van der Waals surface area contributed by atoms with Gasteiger partial charge in [-0.15, -0.1) is 11.8 Å². The highest BCUT2D eigenvalue weighted by molar-refractivity contribution is 7.99. The van der Waals surface area contributed by atoms with Gasteiger partial charge in [0.15, 0.2) is 0 Å². The van der Waals surface area contributed by atoms with Crippen molar-refractivity contribution < 1.29 is 15.0 Å². The van der Waals surface area contributed by atoms with Gasteiger partial charge in [0.05, 0.1) is 12.5 Å². The minimum Gasteiger partial charge on any atom is -0.481 e. The van der Waals surface area contributed by atoms with E-state index in [2.05, 4.69) is 0 Å². The van der Waals surface area contributed by atoms with E-state index >= 15 is 0 Å². The molecule has 0 saturated carbocycles. The highest BCUT2D eigenvalue weighted by atomic mass is 32.2. The van der Waals surface area contributed by atoms with Crippen LogP contribution in [-0.2, 0) is 4.79 Å². The fourth-order valence-corrected chi connectivity index (χ4v) is 2.13. The lowest BCUT2D eigenvalue weighted by molar-refractivity contribution is -0.138. The molecule has 4 nitrogen and oxygen atoms in total. The lowest BCUT2D eigenvalue weighted by Crippen LogP contribution is -2.15. The number of rotatable bonds is 5. The minimum atomic E-state index is -0.995. The first-order chi connectivity index (χ1) is 7.49. The summed E-state index contributed by atoms with van der Waals surface area (Å²) in [7, 11) is 0. The minimum absolute atomic E-state index is 0.237. The number of aryl methyl sites for hydroxylation is 1. The molecule has 0 bridgehead atoms. The SMILES string of the molecule is Cc1ccc(SCC(O)CC(=O)O)c(N)c1. The Labute approximate surface area is 98.5 Å². The molecule has 1 rings (SSSR count). The largest absolute Gasteiger partial charge is 0.481 e. The number of thioether (sulfide) groups is 1. The summed E-state index contributed by atoms with van der Waals surface area (Å²) in [6.07, 6.45) is -1.08. The molecule has 0 aliphatic heterocycles. The van der Waals surface area contributed by atoms with Crippen LogP contribution in [0.5, 0.6) is 0 Å². The number of benzene rings is 1. The number of carboxylic acids is 1. The van der Waals surface area contributed by atoms with E-state index in [4.69, 9.17) is 10.8 Å². The summed E-state index contributed by atoms with van der Waals surface area (Å²) in [5.74, 6) is -0.662. The lowest BCUT2D eigenvalue weighted by atomic mass is 10.2. The van der Waals surface area contributed by atoms with Crippen molar-refractivity contribution >= 4 is 23.4 Å². The number of nitrogens with two attached hydrogens (primary N) is 1. The van der Waals surface area contributed by atoms with Gasteiger partial charge >= 0.3 is 5.97 Å². The van der Waals surface area contributed by atoms with Gasteiger partial charge in [-0.2, -0.15) is 0 Å². The average molecular weight is 241 g/mol. The first kappa shape index (κ1) is 12.9. The molecular weight excluding hydrogens is 226 g/mol. The third-order valence-corrected chi connectivity index (χ3v) is 3.24. The summed E-state index contributed by atoms with van der Waals surface area (Å²) >= 11 is 1.37. The summed E-state index contributed by atoms with van der Waals surface area (Å²) in [6.45, 7) is 1.95. The molecule has 0 fully saturated rings. The number of aliphatic hydroxyl groups excluding tert-OH is 1. The maximum atomic E-state index is 10.3. The summed E-state index contributed by atoms with van der Waals surface area (Å²) in [5, 5.41) is 17.9. The third kappa shape index (κ3) is 4.12. The van der Waals surface area contributed by atoms with Gasteiger partial charge in [0, 0.05) is 16.3 Å². The van der Waals surface area contributed by atoms with Crippen LogP contribution in [0.2, 0.25) is 0 Å². The molecule has 0 amide bonds. The molecule has 1 unspecified atom stereocenters. The summed E-state index contributed by atoms with van der Waals surface area (Å²) in [6, 6.07) is 5.66. The number of carboxylic acid groups (broad SMARTS) is 1. The standard InChI is InChI=1S/C11H15NO3S/c1-7-2-3-10(9(12)4-7)16-6-8(13)5-11(14)15/h2-4,8,13H,5-6,12H2,1H3,(H,14,15). The number of aliphatic hydroxyl groups is 1. The van der Waals surface area contributed by atoms with Crippen molar-refractivity contribution in [1.29, 1.82) is 0 Å². The summed E-state index contributed by atoms with van der Waals surface area (Å²) in [4.78, 5) is 11.2. The fraction of sp³-hybridized carbons (Fsp3) is 0.364. The van der Waals surface area contributed by atoms with Crippen LogP contribution in [-0.4, -0.2) is 28.0 Å². The van der Waals surface area contributed by atoms with Crippen LogP contribution >= 0.6 is 11.8 Å². The first-order valence-electron chi connectivity index (χ1n) is 4.88. The van der Waals surface area contributed by atoms with Crippen molar-refractivity contribution in [2.45, 2.75) is 24.3 Å². The first-order valence-corrected chi connectivity index (χ1v) is 5.86. The Morgan fingerprint density at radius 1 is 1.56 bits per heavy atom. The van der Waals surface area contributed by atoms with Crippen LogP contribution < -0.4 is 5.73 Å². The molecule has 0 spiro atoms. The second kappa shape index (κ2) is 5.77. The summed E-state index contributed by atoms with van der Waals surface area (Å²) < 4.78 is 0. The predicted molar refractivity (Wildman–Crippen MR) is 64.6 cm³/mol. The number of aliphatic carboxylic acids is 1. The fourth-order valence-electron chi connectivity index (χ4n) is 1.25. The number of anilines is 1. The van der Waals surface area contributed by atoms with E-state index in [1.165, 1.54) is 11.8 Å². The molecule has 5 heteroatoms. The zero-order valence-corrected chi connectivity index (χ0v) is 9.83. The van der Waals surface area contributed by atoms with E-state index < -0.39 is 12.1 Å². The molecule has 1 aromatic carbocycles. The number of carbonyl (C=O) groups is 1. The van der Waals surface area contributed by atoms with Crippen molar-refractivity contribution in [2.75, 3.05) is 11.5 Å². The van der Waals surface area contributed by atoms with E-state index in [1.54, 1.807) is 0 Å². The summed E-state index contributed by atoms with van der Waals surface area (Å²) in [5.41, 5.74) is 7.53. The molecule has 1 aromatic rings. The maximum absolute atomic E-state index is 10.3. The normalized spacial score (nSPS) is 12.4. The van der Waals surface area contributed by atoms with E-state index in [1.807, 2.05) is 25.1 Å². The second-order valence-electron chi connectivity index (χ2n) is 3.60. The van der Waals surface area contributed by atoms with Gasteiger partial charge < -0.3 is 15.9 Å². The van der Waals surface area contributed by atoms with Crippen LogP contribution in [0.15, 0.2) is 23.1 Å². The number of hydrogen-bond donors (Lipinski definition) is 3. The van der Waals surface area contributed by atoms with Crippen LogP contribution in [0.25, 0.3) is 0 Å². The van der Waals surface area contributed by atoms with E-state index in [0.717, 1.165) is 10.5 Å². The Morgan fingerprint density at radius 3 is 2.81 bits per heavy atom. The van der Waals surface area contributed by atoms with E-state index in [0.29, 0.717) is 11.4 Å². The highest BCUT2D eigenvalue weighted by Crippen LogP contribution is 2.26. The Morgan fingerprint density at radius 2 is 2.25 bits per heavy atom. The van der Waals surface area contributed by atoms with Gasteiger partial charge in [0.1, 0.15) is 0 Å². The molecule has 0 aromatic heterocycles. The molecule has 16 heavy (non-hydrogen) atoms. The van der Waals surface area contributed by atoms with E-state index in [-0.39, 0.29) is 6.42 Å². The predicted octanol–water partition coefficient (Wildman–Crippen LogP) is 1.50. The molecule has 4 N–H and O–H groups in total. The topological polar surface area (TPSA) is 83.5 Å². The quantitative estimate of drug-likeness (QED) is 0.537. The van der Waals surface area contributed by atoms with Crippen molar-refractivity contribution in [3.63, 3.8) is 0 Å². The van der Waals surface area contributed by atoms with Crippen LogP contribution in [0.1, 0.15) is 12.0 Å². The number of hydrogen-bond acceptors (Lipinski definition) is 4. The third-order valence-electron chi connectivity index (χ3n) is 2.01. The van der Waals surface area contributed by atoms with Gasteiger partial charge in [-0.1, -0.05) is 6.07 Å². The maximum Gasteiger partial charge on any atom is 0.306 e. The Kier molecular flexibility index (Phi) is 4.64. The number of nitrogen functional groups attached to an aromatic ring is 1. The lowest BCUT2D eigenvalue weighted by Gasteiger charge is -2.09. The average Bonchev–Trinajstić information content (AvgIpc) is 2.15. The van der Waals surface area contributed by atoms with Crippen molar-refractivity contribution in [3.8, 4) is 0 Å². The Bertz CT molecular complexity index is 381. The molecule has 0 heterocycles.